The van der Waals surface area contributed by atoms with E-state index < -0.39 is 7.26 Å². The van der Waals surface area contributed by atoms with Crippen LogP contribution in [0.1, 0.15) is 246 Å². The van der Waals surface area contributed by atoms with Gasteiger partial charge in [-0.15, -0.1) is 0 Å². The van der Waals surface area contributed by atoms with Gasteiger partial charge in [0.15, 0.2) is 0 Å². The predicted molar refractivity (Wildman–Crippen MR) is 207 cm³/mol. The van der Waals surface area contributed by atoms with E-state index in [1.165, 1.54) is 193 Å². The molecule has 0 aliphatic rings. The van der Waals surface area contributed by atoms with Gasteiger partial charge in [-0.2, -0.15) is 0 Å². The number of hydrogen-bond acceptors (Lipinski definition) is 0. The fourth-order valence-electron chi connectivity index (χ4n) is 7.64. The SMILES string of the molecule is CCCCCCCCCCCC[PH](CCCCCC)(CCCCCCCCCCCC)CCCCCCCCCCCC. The first-order valence-corrected chi connectivity index (χ1v) is 24.1. The van der Waals surface area contributed by atoms with Crippen LogP contribution in [-0.2, 0) is 0 Å². The summed E-state index contributed by atoms with van der Waals surface area (Å²) in [4.78, 5) is 0. The Morgan fingerprint density at radius 3 is 0.512 bits per heavy atom. The van der Waals surface area contributed by atoms with Crippen LogP contribution in [0.2, 0.25) is 0 Å². The molecule has 0 N–H and O–H groups in total. The zero-order chi connectivity index (χ0) is 31.4. The Kier molecular flexibility index (Phi) is 37.3. The van der Waals surface area contributed by atoms with Crippen molar-refractivity contribution in [3.63, 3.8) is 0 Å². The molecule has 0 fully saturated rings. The van der Waals surface area contributed by atoms with Gasteiger partial charge in [-0.1, -0.05) is 0 Å². The number of hydrogen-bond donors (Lipinski definition) is 0. The summed E-state index contributed by atoms with van der Waals surface area (Å²) in [5, 5.41) is 0. The average molecular weight is 625 g/mol. The molecule has 0 nitrogen and oxygen atoms in total. The van der Waals surface area contributed by atoms with Crippen LogP contribution in [0.3, 0.4) is 0 Å². The van der Waals surface area contributed by atoms with Crippen molar-refractivity contribution in [1.82, 2.24) is 0 Å². The molecule has 262 valence electrons. The second-order valence-corrected chi connectivity index (χ2v) is 20.1. The van der Waals surface area contributed by atoms with Crippen molar-refractivity contribution < 1.29 is 0 Å². The van der Waals surface area contributed by atoms with Crippen LogP contribution in [0.25, 0.3) is 0 Å². The summed E-state index contributed by atoms with van der Waals surface area (Å²) >= 11 is 0. The van der Waals surface area contributed by atoms with Crippen LogP contribution < -0.4 is 0 Å². The van der Waals surface area contributed by atoms with E-state index in [2.05, 4.69) is 27.7 Å². The van der Waals surface area contributed by atoms with Crippen LogP contribution in [-0.4, -0.2) is 24.6 Å². The van der Waals surface area contributed by atoms with Gasteiger partial charge >= 0.3 is 278 Å². The maximum absolute atomic E-state index is 2.39. The van der Waals surface area contributed by atoms with Crippen molar-refractivity contribution in [2.75, 3.05) is 24.6 Å². The summed E-state index contributed by atoms with van der Waals surface area (Å²) in [5.74, 6) is 0. The zero-order valence-corrected chi connectivity index (χ0v) is 32.4. The van der Waals surface area contributed by atoms with Crippen molar-refractivity contribution in [1.29, 1.82) is 0 Å². The molecule has 0 aliphatic heterocycles. The Hall–Kier alpha value is 0.430. The summed E-state index contributed by atoms with van der Waals surface area (Å²) < 4.78 is 0. The van der Waals surface area contributed by atoms with Crippen molar-refractivity contribution in [2.24, 2.45) is 0 Å². The van der Waals surface area contributed by atoms with Gasteiger partial charge in [0.2, 0.25) is 0 Å². The normalized spacial score (nSPS) is 12.4. The van der Waals surface area contributed by atoms with Crippen LogP contribution >= 0.6 is 7.26 Å². The Balaban J connectivity index is 4.66. The van der Waals surface area contributed by atoms with Gasteiger partial charge in [-0.05, 0) is 0 Å². The molecule has 0 aliphatic carbocycles. The molecule has 0 radical (unpaired) electrons. The minimum absolute atomic E-state index is 1.12. The van der Waals surface area contributed by atoms with E-state index in [9.17, 15) is 0 Å². The molecule has 0 bridgehead atoms. The Morgan fingerprint density at radius 1 is 0.186 bits per heavy atom. The first-order chi connectivity index (χ1) is 21.2. The molecule has 0 aromatic carbocycles. The van der Waals surface area contributed by atoms with E-state index in [-0.39, 0.29) is 0 Å². The van der Waals surface area contributed by atoms with Crippen LogP contribution in [0.4, 0.5) is 0 Å². The Morgan fingerprint density at radius 2 is 0.326 bits per heavy atom. The van der Waals surface area contributed by atoms with Crippen molar-refractivity contribution in [2.45, 2.75) is 246 Å². The van der Waals surface area contributed by atoms with E-state index in [1.807, 2.05) is 0 Å². The number of rotatable bonds is 38. The summed E-state index contributed by atoms with van der Waals surface area (Å²) in [6, 6.07) is 0. The van der Waals surface area contributed by atoms with Gasteiger partial charge in [0.05, 0.1) is 0 Å². The third-order valence-corrected chi connectivity index (χ3v) is 16.4. The molecular formula is C42H89P. The van der Waals surface area contributed by atoms with E-state index in [4.69, 9.17) is 0 Å². The van der Waals surface area contributed by atoms with E-state index >= 15 is 0 Å². The number of unbranched alkanes of at least 4 members (excludes halogenated alkanes) is 30. The monoisotopic (exact) mass is 625 g/mol. The van der Waals surface area contributed by atoms with Gasteiger partial charge < -0.3 is 0 Å². The molecule has 0 amide bonds. The molecule has 43 heavy (non-hydrogen) atoms. The Labute approximate surface area is 277 Å². The van der Waals surface area contributed by atoms with Crippen molar-refractivity contribution in [3.8, 4) is 0 Å². The molecule has 0 atom stereocenters. The second kappa shape index (κ2) is 36.9. The minimum atomic E-state index is -1.12. The van der Waals surface area contributed by atoms with Gasteiger partial charge in [0.25, 0.3) is 0 Å². The zero-order valence-electron chi connectivity index (χ0n) is 31.4. The topological polar surface area (TPSA) is 0 Å². The molecule has 1 heteroatoms. The molecule has 0 rings (SSSR count). The molecule has 0 unspecified atom stereocenters. The fourth-order valence-corrected chi connectivity index (χ4v) is 13.1. The van der Waals surface area contributed by atoms with Gasteiger partial charge in [-0.25, -0.2) is 0 Å². The first-order valence-electron chi connectivity index (χ1n) is 21.2. The molecule has 0 aromatic rings. The molecule has 0 saturated heterocycles. The van der Waals surface area contributed by atoms with Gasteiger partial charge in [-0.3, -0.25) is 0 Å². The average Bonchev–Trinajstić information content (AvgIpc) is 3.02. The molecular weight excluding hydrogens is 535 g/mol. The Bertz CT molecular complexity index is 425. The van der Waals surface area contributed by atoms with Gasteiger partial charge in [0.1, 0.15) is 0 Å². The van der Waals surface area contributed by atoms with Crippen LogP contribution in [0, 0.1) is 0 Å². The maximum atomic E-state index is 2.39. The van der Waals surface area contributed by atoms with Crippen molar-refractivity contribution in [3.05, 3.63) is 0 Å². The predicted octanol–water partition coefficient (Wildman–Crippen LogP) is 16.1. The van der Waals surface area contributed by atoms with Crippen LogP contribution in [0.5, 0.6) is 0 Å². The van der Waals surface area contributed by atoms with E-state index in [0.717, 1.165) is 0 Å². The second-order valence-electron chi connectivity index (χ2n) is 15.1. The molecule has 0 aromatic heterocycles. The van der Waals surface area contributed by atoms with Gasteiger partial charge in [0, 0.05) is 0 Å². The quantitative estimate of drug-likeness (QED) is 0.0473. The third kappa shape index (κ3) is 32.2. The van der Waals surface area contributed by atoms with Crippen molar-refractivity contribution >= 4 is 7.26 Å². The van der Waals surface area contributed by atoms with Crippen LogP contribution in [0.15, 0.2) is 0 Å². The first kappa shape index (κ1) is 43.4. The van der Waals surface area contributed by atoms with E-state index in [0.29, 0.717) is 0 Å². The molecule has 0 saturated carbocycles. The summed E-state index contributed by atoms with van der Waals surface area (Å²) in [6.07, 6.45) is 57.4. The van der Waals surface area contributed by atoms with E-state index in [1.54, 1.807) is 50.3 Å². The fraction of sp³-hybridized carbons (Fsp3) is 1.00. The summed E-state index contributed by atoms with van der Waals surface area (Å²) in [6.45, 7) is 9.39. The third-order valence-electron chi connectivity index (χ3n) is 10.7. The summed E-state index contributed by atoms with van der Waals surface area (Å²) in [7, 11) is -1.12. The molecule has 0 heterocycles. The molecule has 0 spiro atoms. The summed E-state index contributed by atoms with van der Waals surface area (Å²) in [5.41, 5.74) is 0. The standard InChI is InChI=1S/C42H89P/c1-5-9-13-17-20-23-26-29-32-36-40-43(39-35-16-12-8-4,41-37-33-30-27-24-21-18-14-10-6-2)42-38-34-31-28-25-22-19-15-11-7-3/h43H,5-42H2,1-4H3.